The monoisotopic (exact) mass is 1530 g/mol. The summed E-state index contributed by atoms with van der Waals surface area (Å²) in [4.78, 5) is 66.9. The molecule has 0 aliphatic carbocycles. The highest BCUT2D eigenvalue weighted by atomic mass is 35.5. The Hall–Kier alpha value is -11.6. The molecule has 7 aromatic heterocycles. The number of benzene rings is 6. The van der Waals surface area contributed by atoms with E-state index in [-0.39, 0.29) is 21.9 Å². The van der Waals surface area contributed by atoms with E-state index < -0.39 is 12.6 Å². The van der Waals surface area contributed by atoms with Gasteiger partial charge in [0.25, 0.3) is 0 Å². The van der Waals surface area contributed by atoms with Crippen LogP contribution in [-0.2, 0) is 9.47 Å². The molecule has 33 heteroatoms. The summed E-state index contributed by atoms with van der Waals surface area (Å²) in [7, 11) is 22.1. The minimum atomic E-state index is -1.16. The zero-order chi connectivity index (χ0) is 78.4. The number of nitrogens with zero attached hydrogens (tertiary/aromatic N) is 18. The van der Waals surface area contributed by atoms with Crippen LogP contribution in [0.15, 0.2) is 170 Å². The molecule has 108 heavy (non-hydrogen) atoms. The summed E-state index contributed by atoms with van der Waals surface area (Å²) in [6.45, 7) is 6.00. The van der Waals surface area contributed by atoms with Gasteiger partial charge in [-0.2, -0.15) is 9.97 Å². The van der Waals surface area contributed by atoms with Crippen molar-refractivity contribution in [3.8, 4) is 23.0 Å². The van der Waals surface area contributed by atoms with Crippen molar-refractivity contribution in [1.29, 1.82) is 0 Å². The highest BCUT2D eigenvalue weighted by Crippen LogP contribution is 2.34. The lowest BCUT2D eigenvalue weighted by Gasteiger charge is -2.23. The fourth-order valence-corrected chi connectivity index (χ4v) is 10.2. The van der Waals surface area contributed by atoms with Gasteiger partial charge in [0.05, 0.1) is 52.7 Å². The highest BCUT2D eigenvalue weighted by molar-refractivity contribution is 6.33. The molecule has 0 radical (unpaired) electrons. The Morgan fingerprint density at radius 1 is 0.435 bits per heavy atom. The third-order valence-electron chi connectivity index (χ3n) is 15.0. The van der Waals surface area contributed by atoms with Crippen molar-refractivity contribution in [3.05, 3.63) is 203 Å². The third-order valence-corrected chi connectivity index (χ3v) is 15.7. The molecule has 1 saturated heterocycles. The molecule has 14 rings (SSSR count). The van der Waals surface area contributed by atoms with E-state index in [4.69, 9.17) is 80.4 Å². The average Bonchev–Trinajstić information content (AvgIpc) is 0.793. The topological polar surface area (TPSA) is 365 Å². The fraction of sp³-hybridized carbons (Fsp3) is 0.253. The molecule has 2 atom stereocenters. The molecule has 2 unspecified atom stereocenters. The summed E-state index contributed by atoms with van der Waals surface area (Å²) in [6.07, 6.45) is 4.09. The van der Waals surface area contributed by atoms with Crippen molar-refractivity contribution in [1.82, 2.24) is 75.1 Å². The average molecular weight is 1530 g/mol. The van der Waals surface area contributed by atoms with E-state index in [1.807, 2.05) is 224 Å². The number of aliphatic hydroxyl groups is 2. The van der Waals surface area contributed by atoms with Crippen molar-refractivity contribution in [3.63, 3.8) is 0 Å². The Morgan fingerprint density at radius 3 is 1.25 bits per heavy atom. The number of nitrogens with two attached hydrogens (primary N) is 2. The van der Waals surface area contributed by atoms with Crippen LogP contribution >= 0.6 is 34.8 Å². The number of hydrogen-bond acceptors (Lipinski definition) is 30. The van der Waals surface area contributed by atoms with Gasteiger partial charge in [-0.15, -0.1) is 0 Å². The Balaban J connectivity index is 0.000000180. The molecule has 566 valence electrons. The number of fused-ring (bicyclic) bond motifs is 4. The number of ether oxygens (including phenoxy) is 6. The maximum atomic E-state index is 8.58. The summed E-state index contributed by atoms with van der Waals surface area (Å²) in [6, 6.07) is 47.1. The van der Waals surface area contributed by atoms with Crippen LogP contribution in [0.2, 0.25) is 15.6 Å². The van der Waals surface area contributed by atoms with Gasteiger partial charge < -0.3 is 80.3 Å². The summed E-state index contributed by atoms with van der Waals surface area (Å²) < 4.78 is 29.7. The molecule has 8 heterocycles. The predicted molar refractivity (Wildman–Crippen MR) is 428 cm³/mol. The van der Waals surface area contributed by atoms with E-state index in [1.54, 1.807) is 67.1 Å². The van der Waals surface area contributed by atoms with Crippen molar-refractivity contribution in [2.75, 3.05) is 134 Å². The third kappa shape index (κ3) is 24.0. The molecular formula is C75H87Cl3N22O8. The predicted octanol–water partition coefficient (Wildman–Crippen LogP) is 12.3. The van der Waals surface area contributed by atoms with Crippen LogP contribution in [-0.4, -0.2) is 191 Å². The van der Waals surface area contributed by atoms with E-state index in [9.17, 15) is 0 Å². The summed E-state index contributed by atoms with van der Waals surface area (Å²) in [5.41, 5.74) is 19.2. The smallest absolute Gasteiger partial charge is 0.227 e. The van der Waals surface area contributed by atoms with E-state index in [0.29, 0.717) is 64.1 Å². The molecule has 1 aliphatic heterocycles. The number of aryl methyl sites for hydroxylation is 3. The lowest BCUT2D eigenvalue weighted by molar-refractivity contribution is -0.291. The lowest BCUT2D eigenvalue weighted by Crippen LogP contribution is -2.37. The summed E-state index contributed by atoms with van der Waals surface area (Å²) >= 11 is 17.4. The molecule has 6 aromatic carbocycles. The van der Waals surface area contributed by atoms with Gasteiger partial charge in [-0.1, -0.05) is 47.5 Å². The number of para-hydroxylation sites is 2. The Morgan fingerprint density at radius 2 is 0.815 bits per heavy atom. The molecule has 0 spiro atoms. The Bertz CT molecular complexity index is 4770. The second kappa shape index (κ2) is 41.9. The first-order chi connectivity index (χ1) is 51.9. The van der Waals surface area contributed by atoms with Gasteiger partial charge in [0.1, 0.15) is 63.3 Å². The van der Waals surface area contributed by atoms with Crippen LogP contribution in [0.5, 0.6) is 23.0 Å². The number of anilines is 10. The molecule has 1 fully saturated rings. The SMILES string of the molecule is CNC.CNc1ccc(OC)cc1.COc1ccc(N(C)c2nc(C)nc3nccnc23)cc1.COc1ccc(N(C)c2nc(Cl)nc3ccccc23)cc1.COc1ccc(N(C)c2nc(N(C)C)nc3ccccc23)cc1.Cc1nc(Cl)c2nccnc2n1.Cc1nc(N)c(N)c(Cl)n1.OC1OCCOC1O. The summed E-state index contributed by atoms with van der Waals surface area (Å²) in [5.74, 6) is 8.46. The molecule has 13 aromatic rings. The second-order valence-corrected chi connectivity index (χ2v) is 23.9. The van der Waals surface area contributed by atoms with Gasteiger partial charge in [0, 0.05) is 101 Å². The lowest BCUT2D eigenvalue weighted by atomic mass is 10.2. The number of rotatable bonds is 12. The quantitative estimate of drug-likeness (QED) is 0.0489. The molecule has 0 saturated carbocycles. The van der Waals surface area contributed by atoms with E-state index in [2.05, 4.69) is 89.8 Å². The molecular weight excluding hydrogens is 1440 g/mol. The maximum Gasteiger partial charge on any atom is 0.227 e. The van der Waals surface area contributed by atoms with Crippen LogP contribution in [0.4, 0.5) is 57.7 Å². The second-order valence-electron chi connectivity index (χ2n) is 22.8. The fourth-order valence-electron chi connectivity index (χ4n) is 9.52. The number of aliphatic hydroxyl groups excluding tert-OH is 2. The number of halogens is 3. The first kappa shape index (κ1) is 83.7. The van der Waals surface area contributed by atoms with Gasteiger partial charge in [-0.25, -0.2) is 59.8 Å². The standard InChI is InChI=1S/C18H20N4O.C16H14ClN3O.C15H15N5O.C8H11NO.C7H5ClN4.C5H7ClN4.C4H8O4.C2H7N/c1-21(2)18-19-16-8-6-5-7-15(16)17(20-18)22(3)13-9-11-14(23-4)12-10-13;1-20(11-7-9-12(21-2)10-8-11)15-13-5-3-4-6-14(13)18-16(17)19-15;1-10-18-14-13(16-8-9-17-14)15(19-10)20(2)11-4-6-12(21-3)7-5-11;1-9-7-3-5-8(10-2)6-4-7;1-4-11-6(8)5-7(12-4)10-3-2-9-5;1-2-9-4(6)3(7)5(8)10-2;5-3-4(6)8-2-1-7-3;1-3-2/h5-12H,1-4H3;3-10H,1-2H3;4-9H,1-3H3;3-6,9H,1-2H3;2-3H,1H3;7H2,1H3,(H2,8,9,10);3-6H,1-2H2;3H,1-2H3. The number of hydrogen-bond donors (Lipinski definition) is 6. The molecule has 0 bridgehead atoms. The number of methoxy groups -OCH3 is 4. The van der Waals surface area contributed by atoms with Gasteiger partial charge in [-0.3, -0.25) is 0 Å². The van der Waals surface area contributed by atoms with Gasteiger partial charge in [-0.05, 0) is 168 Å². The molecule has 0 amide bonds. The maximum absolute atomic E-state index is 8.58. The van der Waals surface area contributed by atoms with E-state index in [1.165, 1.54) is 0 Å². The van der Waals surface area contributed by atoms with Crippen LogP contribution in [0.1, 0.15) is 17.5 Å². The van der Waals surface area contributed by atoms with Crippen LogP contribution in [0.25, 0.3) is 44.1 Å². The van der Waals surface area contributed by atoms with Crippen LogP contribution in [0.3, 0.4) is 0 Å². The van der Waals surface area contributed by atoms with Gasteiger partial charge in [0.2, 0.25) is 23.8 Å². The first-order valence-electron chi connectivity index (χ1n) is 33.0. The zero-order valence-corrected chi connectivity index (χ0v) is 64.7. The van der Waals surface area contributed by atoms with E-state index >= 15 is 0 Å². The van der Waals surface area contributed by atoms with Gasteiger partial charge >= 0.3 is 0 Å². The van der Waals surface area contributed by atoms with Crippen molar-refractivity contribution in [2.24, 2.45) is 0 Å². The molecule has 30 nitrogen and oxygen atoms in total. The number of nitrogen functional groups attached to an aromatic ring is 2. The van der Waals surface area contributed by atoms with Crippen molar-refractivity contribution in [2.45, 2.75) is 33.4 Å². The Kier molecular flexibility index (Phi) is 32.5. The van der Waals surface area contributed by atoms with Crippen LogP contribution in [0, 0.1) is 20.8 Å². The molecule has 1 aliphatic rings. The summed E-state index contributed by atoms with van der Waals surface area (Å²) in [5, 5.41) is 25.7. The van der Waals surface area contributed by atoms with E-state index in [0.717, 1.165) is 85.0 Å². The minimum absolute atomic E-state index is 0.213. The van der Waals surface area contributed by atoms with Crippen molar-refractivity contribution >= 4 is 137 Å². The highest BCUT2D eigenvalue weighted by Gasteiger charge is 2.22. The zero-order valence-electron chi connectivity index (χ0n) is 62.4. The number of nitrogens with one attached hydrogen (secondary N) is 2. The first-order valence-corrected chi connectivity index (χ1v) is 34.2. The number of aromatic nitrogens is 14. The van der Waals surface area contributed by atoms with Crippen molar-refractivity contribution < 1.29 is 38.6 Å². The van der Waals surface area contributed by atoms with Crippen LogP contribution < -0.4 is 60.6 Å². The normalized spacial score (nSPS) is 12.4. The largest absolute Gasteiger partial charge is 0.497 e. The molecule has 8 N–H and O–H groups in total. The van der Waals surface area contributed by atoms with Gasteiger partial charge in [0.15, 0.2) is 38.8 Å². The Labute approximate surface area is 641 Å². The minimum Gasteiger partial charge on any atom is -0.497 e.